The average Bonchev–Trinajstić information content (AvgIpc) is 2.64. The molecule has 2 saturated heterocycles. The summed E-state index contributed by atoms with van der Waals surface area (Å²) in [5.74, 6) is 0.0926. The molecule has 144 valence electrons. The van der Waals surface area contributed by atoms with Gasteiger partial charge in [0.15, 0.2) is 9.84 Å². The highest BCUT2D eigenvalue weighted by Crippen LogP contribution is 2.14. The van der Waals surface area contributed by atoms with Crippen LogP contribution in [-0.2, 0) is 16.4 Å². The second kappa shape index (κ2) is 8.37. The molecule has 0 radical (unpaired) electrons. The van der Waals surface area contributed by atoms with Crippen LogP contribution in [-0.4, -0.2) is 86.5 Å². The highest BCUT2D eigenvalue weighted by atomic mass is 32.2. The van der Waals surface area contributed by atoms with Crippen LogP contribution >= 0.6 is 0 Å². The predicted molar refractivity (Wildman–Crippen MR) is 103 cm³/mol. The molecule has 0 spiro atoms. The summed E-state index contributed by atoms with van der Waals surface area (Å²) in [5.41, 5.74) is 1.97. The molecular weight excluding hydrogens is 352 g/mol. The molecule has 26 heavy (non-hydrogen) atoms. The number of hydrogen-bond acceptors (Lipinski definition) is 5. The first-order valence-corrected chi connectivity index (χ1v) is 11.1. The number of rotatable bonds is 4. The molecule has 2 heterocycles. The van der Waals surface area contributed by atoms with Crippen LogP contribution in [0.15, 0.2) is 24.3 Å². The predicted octanol–water partition coefficient (Wildman–Crippen LogP) is 1.09. The van der Waals surface area contributed by atoms with Crippen molar-refractivity contribution in [3.8, 4) is 0 Å². The highest BCUT2D eigenvalue weighted by Gasteiger charge is 2.25. The van der Waals surface area contributed by atoms with E-state index in [4.69, 9.17) is 0 Å². The normalized spacial score (nSPS) is 21.5. The Morgan fingerprint density at radius 1 is 0.962 bits per heavy atom. The molecule has 1 aromatic carbocycles. The van der Waals surface area contributed by atoms with Gasteiger partial charge >= 0.3 is 6.03 Å². The summed E-state index contributed by atoms with van der Waals surface area (Å²) < 4.78 is 22.9. The molecule has 0 bridgehead atoms. The van der Waals surface area contributed by atoms with Crippen LogP contribution in [0.25, 0.3) is 0 Å². The number of carbonyl (C=O) groups excluding carboxylic acids is 1. The van der Waals surface area contributed by atoms with E-state index in [1.54, 1.807) is 4.90 Å². The first-order valence-electron chi connectivity index (χ1n) is 9.25. The van der Waals surface area contributed by atoms with E-state index in [1.165, 1.54) is 5.56 Å². The standard InChI is InChI=1S/C18H28N4O3S/c1-2-20-7-9-21(10-8-20)15-16-3-5-17(6-4-16)19-18(23)22-11-13-26(24,25)14-12-22/h3-6H,2,7-15H2,1H3,(H,19,23). The second-order valence-corrected chi connectivity index (χ2v) is 9.28. The Bertz CT molecular complexity index is 698. The molecular formula is C18H28N4O3S. The van der Waals surface area contributed by atoms with Crippen molar-refractivity contribution in [1.82, 2.24) is 14.7 Å². The minimum absolute atomic E-state index is 0.0463. The third-order valence-electron chi connectivity index (χ3n) is 5.16. The summed E-state index contributed by atoms with van der Waals surface area (Å²) in [7, 11) is -2.98. The molecule has 0 unspecified atom stereocenters. The van der Waals surface area contributed by atoms with E-state index in [-0.39, 0.29) is 30.6 Å². The topological polar surface area (TPSA) is 73.0 Å². The Morgan fingerprint density at radius 3 is 2.12 bits per heavy atom. The molecule has 8 heteroatoms. The zero-order chi connectivity index (χ0) is 18.6. The van der Waals surface area contributed by atoms with Crippen molar-refractivity contribution in [3.63, 3.8) is 0 Å². The lowest BCUT2D eigenvalue weighted by atomic mass is 10.2. The van der Waals surface area contributed by atoms with Crippen molar-refractivity contribution in [3.05, 3.63) is 29.8 Å². The number of hydrogen-bond donors (Lipinski definition) is 1. The summed E-state index contributed by atoms with van der Waals surface area (Å²) in [6.07, 6.45) is 0. The van der Waals surface area contributed by atoms with E-state index < -0.39 is 9.84 Å². The number of nitrogens with zero attached hydrogens (tertiary/aromatic N) is 3. The van der Waals surface area contributed by atoms with Crippen molar-refractivity contribution in [2.45, 2.75) is 13.5 Å². The van der Waals surface area contributed by atoms with Crippen LogP contribution in [0.2, 0.25) is 0 Å². The van der Waals surface area contributed by atoms with Crippen molar-refractivity contribution < 1.29 is 13.2 Å². The Hall–Kier alpha value is -1.64. The number of nitrogens with one attached hydrogen (secondary N) is 1. The zero-order valence-electron chi connectivity index (χ0n) is 15.4. The third-order valence-corrected chi connectivity index (χ3v) is 6.76. The van der Waals surface area contributed by atoms with Gasteiger partial charge in [0.1, 0.15) is 0 Å². The Kier molecular flexibility index (Phi) is 6.16. The number of urea groups is 1. The molecule has 0 saturated carbocycles. The summed E-state index contributed by atoms with van der Waals surface area (Å²) >= 11 is 0. The van der Waals surface area contributed by atoms with Crippen LogP contribution in [0.3, 0.4) is 0 Å². The molecule has 2 aliphatic heterocycles. The Morgan fingerprint density at radius 2 is 1.54 bits per heavy atom. The smallest absolute Gasteiger partial charge is 0.321 e. The molecule has 0 aliphatic carbocycles. The molecule has 2 aliphatic rings. The van der Waals surface area contributed by atoms with E-state index in [1.807, 2.05) is 24.3 Å². The molecule has 7 nitrogen and oxygen atoms in total. The van der Waals surface area contributed by atoms with Crippen LogP contribution in [0, 0.1) is 0 Å². The van der Waals surface area contributed by atoms with Crippen LogP contribution in [0.1, 0.15) is 12.5 Å². The fourth-order valence-electron chi connectivity index (χ4n) is 3.33. The number of amides is 2. The molecule has 1 N–H and O–H groups in total. The highest BCUT2D eigenvalue weighted by molar-refractivity contribution is 7.91. The van der Waals surface area contributed by atoms with Crippen molar-refractivity contribution >= 4 is 21.6 Å². The maximum absolute atomic E-state index is 12.2. The molecule has 2 amide bonds. The van der Waals surface area contributed by atoms with Gasteiger partial charge in [0.2, 0.25) is 0 Å². The molecule has 0 atom stereocenters. The van der Waals surface area contributed by atoms with Gasteiger partial charge in [-0.3, -0.25) is 4.90 Å². The Labute approximate surface area is 155 Å². The lowest BCUT2D eigenvalue weighted by molar-refractivity contribution is 0.132. The van der Waals surface area contributed by atoms with E-state index in [2.05, 4.69) is 22.0 Å². The van der Waals surface area contributed by atoms with Crippen LogP contribution in [0.5, 0.6) is 0 Å². The minimum atomic E-state index is -2.98. The van der Waals surface area contributed by atoms with Crippen molar-refractivity contribution in [1.29, 1.82) is 0 Å². The van der Waals surface area contributed by atoms with Gasteiger partial charge in [-0.2, -0.15) is 0 Å². The quantitative estimate of drug-likeness (QED) is 0.846. The Balaban J connectivity index is 1.48. The average molecular weight is 381 g/mol. The summed E-state index contributed by atoms with van der Waals surface area (Å²) in [4.78, 5) is 18.7. The van der Waals surface area contributed by atoms with Crippen molar-refractivity contribution in [2.75, 3.05) is 62.6 Å². The molecule has 2 fully saturated rings. The van der Waals surface area contributed by atoms with Gasteiger partial charge in [-0.05, 0) is 24.2 Å². The van der Waals surface area contributed by atoms with E-state index in [9.17, 15) is 13.2 Å². The maximum Gasteiger partial charge on any atom is 0.321 e. The third kappa shape index (κ3) is 5.18. The van der Waals surface area contributed by atoms with Gasteiger partial charge in [0, 0.05) is 51.5 Å². The lowest BCUT2D eigenvalue weighted by Crippen LogP contribution is -2.45. The molecule has 1 aromatic rings. The number of sulfone groups is 1. The van der Waals surface area contributed by atoms with E-state index >= 15 is 0 Å². The van der Waals surface area contributed by atoms with E-state index in [0.717, 1.165) is 45.0 Å². The fourth-order valence-corrected chi connectivity index (χ4v) is 4.53. The first kappa shape index (κ1) is 19.1. The summed E-state index contributed by atoms with van der Waals surface area (Å²) in [5, 5.41) is 2.86. The van der Waals surface area contributed by atoms with Crippen molar-refractivity contribution in [2.24, 2.45) is 0 Å². The number of anilines is 1. The van der Waals surface area contributed by atoms with Gasteiger partial charge in [0.05, 0.1) is 11.5 Å². The lowest BCUT2D eigenvalue weighted by Gasteiger charge is -2.34. The number of carbonyl (C=O) groups is 1. The van der Waals surface area contributed by atoms with Gasteiger partial charge in [-0.25, -0.2) is 13.2 Å². The largest absolute Gasteiger partial charge is 0.322 e. The van der Waals surface area contributed by atoms with Gasteiger partial charge in [0.25, 0.3) is 0 Å². The number of likely N-dealkylation sites (N-methyl/N-ethyl adjacent to an activating group) is 1. The monoisotopic (exact) mass is 380 g/mol. The molecule has 3 rings (SSSR count). The van der Waals surface area contributed by atoms with Gasteiger partial charge in [-0.15, -0.1) is 0 Å². The summed E-state index contributed by atoms with van der Waals surface area (Å²) in [6.45, 7) is 9.18. The van der Waals surface area contributed by atoms with E-state index in [0.29, 0.717) is 0 Å². The van der Waals surface area contributed by atoms with Gasteiger partial charge < -0.3 is 15.1 Å². The SMILES string of the molecule is CCN1CCN(Cc2ccc(NC(=O)N3CCS(=O)(=O)CC3)cc2)CC1. The van der Waals surface area contributed by atoms with Crippen LogP contribution < -0.4 is 5.32 Å². The summed E-state index contributed by atoms with van der Waals surface area (Å²) in [6, 6.07) is 7.68. The maximum atomic E-state index is 12.2. The first-order chi connectivity index (χ1) is 12.4. The second-order valence-electron chi connectivity index (χ2n) is 6.98. The molecule has 0 aromatic heterocycles. The number of benzene rings is 1. The minimum Gasteiger partial charge on any atom is -0.322 e. The fraction of sp³-hybridized carbons (Fsp3) is 0.611. The zero-order valence-corrected chi connectivity index (χ0v) is 16.2. The van der Waals surface area contributed by atoms with Gasteiger partial charge in [-0.1, -0.05) is 19.1 Å². The number of piperazine rings is 1. The van der Waals surface area contributed by atoms with Crippen LogP contribution in [0.4, 0.5) is 10.5 Å².